The molecule has 1 aliphatic carbocycles. The molecule has 2 amide bonds. The van der Waals surface area contributed by atoms with Crippen LogP contribution in [0.25, 0.3) is 0 Å². The summed E-state index contributed by atoms with van der Waals surface area (Å²) in [5.41, 5.74) is -0.579. The molecule has 1 N–H and O–H groups in total. The van der Waals surface area contributed by atoms with Gasteiger partial charge in [-0.15, -0.1) is 0 Å². The molecule has 0 aromatic heterocycles. The lowest BCUT2D eigenvalue weighted by Gasteiger charge is -2.38. The van der Waals surface area contributed by atoms with Gasteiger partial charge in [0, 0.05) is 25.3 Å². The molecule has 0 aromatic rings. The van der Waals surface area contributed by atoms with Crippen molar-refractivity contribution in [1.29, 1.82) is 0 Å². The van der Waals surface area contributed by atoms with Gasteiger partial charge in [0.2, 0.25) is 11.8 Å². The SMILES string of the molecule is CSCCN1CCC(=O)NC2(CCCCC2)C1=O. The molecule has 0 atom stereocenters. The molecule has 1 heterocycles. The second-order valence-electron chi connectivity index (χ2n) is 5.23. The normalized spacial score (nSPS) is 23.9. The van der Waals surface area contributed by atoms with Crippen molar-refractivity contribution in [1.82, 2.24) is 10.2 Å². The summed E-state index contributed by atoms with van der Waals surface area (Å²) in [7, 11) is 0. The Labute approximate surface area is 113 Å². The van der Waals surface area contributed by atoms with E-state index in [4.69, 9.17) is 0 Å². The standard InChI is InChI=1S/C13H22N2O2S/c1-18-10-9-15-8-5-11(16)14-13(12(15)17)6-3-2-4-7-13/h2-10H2,1H3,(H,14,16). The van der Waals surface area contributed by atoms with E-state index in [1.54, 1.807) is 11.8 Å². The summed E-state index contributed by atoms with van der Waals surface area (Å²) in [6.07, 6.45) is 7.38. The first-order valence-electron chi connectivity index (χ1n) is 6.77. The van der Waals surface area contributed by atoms with Gasteiger partial charge in [0.25, 0.3) is 0 Å². The fourth-order valence-electron chi connectivity index (χ4n) is 2.93. The monoisotopic (exact) mass is 270 g/mol. The first-order chi connectivity index (χ1) is 8.68. The van der Waals surface area contributed by atoms with Gasteiger partial charge in [-0.2, -0.15) is 11.8 Å². The molecule has 2 rings (SSSR count). The molecule has 1 saturated heterocycles. The zero-order chi connectivity index (χ0) is 13.0. The van der Waals surface area contributed by atoms with E-state index >= 15 is 0 Å². The maximum Gasteiger partial charge on any atom is 0.248 e. The van der Waals surface area contributed by atoms with Gasteiger partial charge in [-0.25, -0.2) is 0 Å². The van der Waals surface area contributed by atoms with Crippen LogP contribution in [0.1, 0.15) is 38.5 Å². The Morgan fingerprint density at radius 3 is 2.67 bits per heavy atom. The highest BCUT2D eigenvalue weighted by atomic mass is 32.2. The molecule has 2 fully saturated rings. The number of nitrogens with one attached hydrogen (secondary N) is 1. The maximum absolute atomic E-state index is 12.7. The molecule has 5 heteroatoms. The molecule has 0 radical (unpaired) electrons. The fraction of sp³-hybridized carbons (Fsp3) is 0.846. The fourth-order valence-corrected chi connectivity index (χ4v) is 3.34. The number of rotatable bonds is 3. The first-order valence-corrected chi connectivity index (χ1v) is 8.17. The zero-order valence-corrected chi connectivity index (χ0v) is 11.9. The summed E-state index contributed by atoms with van der Waals surface area (Å²) >= 11 is 1.74. The van der Waals surface area contributed by atoms with Crippen molar-refractivity contribution in [2.45, 2.75) is 44.1 Å². The Morgan fingerprint density at radius 1 is 1.28 bits per heavy atom. The average molecular weight is 270 g/mol. The van der Waals surface area contributed by atoms with Gasteiger partial charge in [0.05, 0.1) is 0 Å². The lowest BCUT2D eigenvalue weighted by molar-refractivity contribution is -0.140. The van der Waals surface area contributed by atoms with Gasteiger partial charge < -0.3 is 10.2 Å². The molecule has 102 valence electrons. The van der Waals surface area contributed by atoms with Crippen molar-refractivity contribution in [2.75, 3.05) is 25.1 Å². The Morgan fingerprint density at radius 2 is 2.00 bits per heavy atom. The van der Waals surface area contributed by atoms with Gasteiger partial charge in [0.1, 0.15) is 5.54 Å². The molecule has 1 aliphatic heterocycles. The zero-order valence-electron chi connectivity index (χ0n) is 11.0. The minimum Gasteiger partial charge on any atom is -0.342 e. The smallest absolute Gasteiger partial charge is 0.248 e. The third-order valence-electron chi connectivity index (χ3n) is 3.96. The molecule has 4 nitrogen and oxygen atoms in total. The lowest BCUT2D eigenvalue weighted by Crippen LogP contribution is -2.58. The van der Waals surface area contributed by atoms with Gasteiger partial charge in [-0.05, 0) is 19.1 Å². The predicted molar refractivity (Wildman–Crippen MR) is 73.5 cm³/mol. The summed E-state index contributed by atoms with van der Waals surface area (Å²) in [4.78, 5) is 26.4. The Bertz CT molecular complexity index is 327. The summed E-state index contributed by atoms with van der Waals surface area (Å²) in [6.45, 7) is 1.34. The number of nitrogens with zero attached hydrogens (tertiary/aromatic N) is 1. The Kier molecular flexibility index (Phi) is 4.54. The van der Waals surface area contributed by atoms with E-state index in [-0.39, 0.29) is 11.8 Å². The third kappa shape index (κ3) is 2.82. The van der Waals surface area contributed by atoms with Gasteiger partial charge in [0.15, 0.2) is 0 Å². The Balaban J connectivity index is 2.15. The maximum atomic E-state index is 12.7. The summed E-state index contributed by atoms with van der Waals surface area (Å²) < 4.78 is 0. The summed E-state index contributed by atoms with van der Waals surface area (Å²) in [6, 6.07) is 0. The third-order valence-corrected chi connectivity index (χ3v) is 4.55. The van der Waals surface area contributed by atoms with E-state index in [2.05, 4.69) is 5.32 Å². The van der Waals surface area contributed by atoms with Gasteiger partial charge in [-0.3, -0.25) is 9.59 Å². The topological polar surface area (TPSA) is 49.4 Å². The van der Waals surface area contributed by atoms with Crippen LogP contribution < -0.4 is 5.32 Å². The quantitative estimate of drug-likeness (QED) is 0.843. The number of carbonyl (C=O) groups excluding carboxylic acids is 2. The van der Waals surface area contributed by atoms with Crippen LogP contribution >= 0.6 is 11.8 Å². The molecule has 0 bridgehead atoms. The number of amides is 2. The second-order valence-corrected chi connectivity index (χ2v) is 6.21. The molecular formula is C13H22N2O2S. The molecule has 0 aromatic carbocycles. The van der Waals surface area contributed by atoms with E-state index in [9.17, 15) is 9.59 Å². The van der Waals surface area contributed by atoms with E-state index in [1.165, 1.54) is 6.42 Å². The van der Waals surface area contributed by atoms with Gasteiger partial charge in [-0.1, -0.05) is 19.3 Å². The van der Waals surface area contributed by atoms with Crippen LogP contribution in [0.4, 0.5) is 0 Å². The van der Waals surface area contributed by atoms with Crippen LogP contribution in [-0.4, -0.2) is 47.4 Å². The van der Waals surface area contributed by atoms with Crippen LogP contribution in [0, 0.1) is 0 Å². The predicted octanol–water partition coefficient (Wildman–Crippen LogP) is 1.40. The van der Waals surface area contributed by atoms with Crippen LogP contribution in [0.3, 0.4) is 0 Å². The number of carbonyl (C=O) groups is 2. The first kappa shape index (κ1) is 13.7. The largest absolute Gasteiger partial charge is 0.342 e. The van der Waals surface area contributed by atoms with E-state index in [0.29, 0.717) is 13.0 Å². The highest BCUT2D eigenvalue weighted by Crippen LogP contribution is 2.31. The van der Waals surface area contributed by atoms with Crippen molar-refractivity contribution < 1.29 is 9.59 Å². The minimum atomic E-state index is -0.579. The summed E-state index contributed by atoms with van der Waals surface area (Å²) in [5, 5.41) is 3.01. The van der Waals surface area contributed by atoms with Crippen LogP contribution in [0.15, 0.2) is 0 Å². The number of hydrogen-bond acceptors (Lipinski definition) is 3. The Hall–Kier alpha value is -0.710. The molecule has 0 unspecified atom stereocenters. The highest BCUT2D eigenvalue weighted by molar-refractivity contribution is 7.98. The molecule has 1 saturated carbocycles. The van der Waals surface area contributed by atoms with E-state index < -0.39 is 5.54 Å². The molecule has 1 spiro atoms. The lowest BCUT2D eigenvalue weighted by atomic mass is 9.80. The number of thioether (sulfide) groups is 1. The van der Waals surface area contributed by atoms with Crippen molar-refractivity contribution >= 4 is 23.6 Å². The van der Waals surface area contributed by atoms with Gasteiger partial charge >= 0.3 is 0 Å². The van der Waals surface area contributed by atoms with Crippen LogP contribution in [-0.2, 0) is 9.59 Å². The van der Waals surface area contributed by atoms with Crippen molar-refractivity contribution in [3.8, 4) is 0 Å². The second kappa shape index (κ2) is 5.95. The molecule has 18 heavy (non-hydrogen) atoms. The van der Waals surface area contributed by atoms with Crippen LogP contribution in [0.5, 0.6) is 0 Å². The number of hydrogen-bond donors (Lipinski definition) is 1. The van der Waals surface area contributed by atoms with E-state index in [1.807, 2.05) is 11.2 Å². The summed E-state index contributed by atoms with van der Waals surface area (Å²) in [5.74, 6) is 1.13. The van der Waals surface area contributed by atoms with Crippen LogP contribution in [0.2, 0.25) is 0 Å². The minimum absolute atomic E-state index is 0.0388. The van der Waals surface area contributed by atoms with Crippen molar-refractivity contribution in [3.05, 3.63) is 0 Å². The van der Waals surface area contributed by atoms with E-state index in [0.717, 1.165) is 38.0 Å². The average Bonchev–Trinajstić information content (AvgIpc) is 2.48. The molecular weight excluding hydrogens is 248 g/mol. The van der Waals surface area contributed by atoms with Crippen molar-refractivity contribution in [2.24, 2.45) is 0 Å². The van der Waals surface area contributed by atoms with Crippen molar-refractivity contribution in [3.63, 3.8) is 0 Å². The highest BCUT2D eigenvalue weighted by Gasteiger charge is 2.44. The molecule has 2 aliphatic rings.